The van der Waals surface area contributed by atoms with E-state index in [4.69, 9.17) is 4.84 Å². The number of piperazine rings is 1. The Morgan fingerprint density at radius 3 is 2.44 bits per heavy atom. The summed E-state index contributed by atoms with van der Waals surface area (Å²) in [6, 6.07) is 4.26. The van der Waals surface area contributed by atoms with E-state index in [1.165, 1.54) is 23.9 Å². The molecule has 3 aromatic rings. The number of fused-ring (bicyclic) bond motifs is 1. The Morgan fingerprint density at radius 1 is 1.11 bits per heavy atom. The van der Waals surface area contributed by atoms with Gasteiger partial charge in [0, 0.05) is 57.1 Å². The van der Waals surface area contributed by atoms with Crippen LogP contribution in [0.2, 0.25) is 0 Å². The average molecular weight is 503 g/mol. The van der Waals surface area contributed by atoms with Gasteiger partial charge in [0.25, 0.3) is 0 Å². The van der Waals surface area contributed by atoms with E-state index in [1.54, 1.807) is 11.8 Å². The van der Waals surface area contributed by atoms with Crippen LogP contribution in [0.4, 0.5) is 19.0 Å². The fourth-order valence-electron chi connectivity index (χ4n) is 4.22. The van der Waals surface area contributed by atoms with Crippen molar-refractivity contribution in [1.29, 1.82) is 0 Å². The lowest BCUT2D eigenvalue weighted by atomic mass is 10.1. The summed E-state index contributed by atoms with van der Waals surface area (Å²) in [5.41, 5.74) is -0.616. The van der Waals surface area contributed by atoms with Gasteiger partial charge in [-0.2, -0.15) is 0 Å². The number of carboxylic acid groups (broad SMARTS) is 1. The van der Waals surface area contributed by atoms with Gasteiger partial charge >= 0.3 is 5.97 Å². The maximum absolute atomic E-state index is 15.0. The highest BCUT2D eigenvalue weighted by Crippen LogP contribution is 2.23. The van der Waals surface area contributed by atoms with Crippen molar-refractivity contribution in [2.75, 3.05) is 44.7 Å². The van der Waals surface area contributed by atoms with Crippen molar-refractivity contribution in [2.24, 2.45) is 5.16 Å². The number of aromatic nitrogens is 2. The van der Waals surface area contributed by atoms with Crippen molar-refractivity contribution in [2.45, 2.75) is 13.5 Å². The van der Waals surface area contributed by atoms with Crippen LogP contribution in [0.15, 0.2) is 40.4 Å². The van der Waals surface area contributed by atoms with Crippen LogP contribution in [0.5, 0.6) is 0 Å². The molecule has 0 aliphatic carbocycles. The molecule has 1 N–H and O–H groups in total. The molecule has 0 bridgehead atoms. The van der Waals surface area contributed by atoms with E-state index in [2.05, 4.69) is 10.1 Å². The van der Waals surface area contributed by atoms with Gasteiger partial charge < -0.3 is 19.4 Å². The second-order valence-electron chi connectivity index (χ2n) is 8.24. The summed E-state index contributed by atoms with van der Waals surface area (Å²) in [5, 5.41) is 13.1. The molecular formula is C24H24F3N5O4. The van der Waals surface area contributed by atoms with Gasteiger partial charge in [-0.1, -0.05) is 5.16 Å². The molecule has 0 spiro atoms. The fourth-order valence-corrected chi connectivity index (χ4v) is 4.22. The number of halogens is 3. The zero-order valence-corrected chi connectivity index (χ0v) is 19.7. The van der Waals surface area contributed by atoms with E-state index in [0.717, 1.165) is 18.2 Å². The van der Waals surface area contributed by atoms with Crippen molar-refractivity contribution >= 4 is 28.5 Å². The number of carbonyl (C=O) groups is 1. The van der Waals surface area contributed by atoms with Gasteiger partial charge in [-0.05, 0) is 25.1 Å². The number of rotatable bonds is 7. The van der Waals surface area contributed by atoms with Gasteiger partial charge in [0.1, 0.15) is 35.7 Å². The minimum absolute atomic E-state index is 0.0576. The first-order chi connectivity index (χ1) is 17.2. The standard InChI is InChI=1S/C24H24F3N5O4/c1-3-31-12-17(24(34)35)21(33)16-11-19(27)23(28-22(16)31)32-8-6-30(7-9-32)13-20(29-36-2)15-5-4-14(25)10-18(15)26/h4-5,10-12H,3,6-9,13H2,1-2H3,(H,34,35)/b29-20+. The van der Waals surface area contributed by atoms with Gasteiger partial charge in [0.15, 0.2) is 11.6 Å². The summed E-state index contributed by atoms with van der Waals surface area (Å²) >= 11 is 0. The third-order valence-corrected chi connectivity index (χ3v) is 6.04. The number of anilines is 1. The highest BCUT2D eigenvalue weighted by atomic mass is 19.1. The Labute approximate surface area is 204 Å². The molecule has 12 heteroatoms. The van der Waals surface area contributed by atoms with Gasteiger partial charge in [-0.25, -0.2) is 22.9 Å². The predicted octanol–water partition coefficient (Wildman–Crippen LogP) is 2.70. The molecule has 3 heterocycles. The van der Waals surface area contributed by atoms with Gasteiger partial charge in [0.05, 0.1) is 5.39 Å². The maximum atomic E-state index is 15.0. The van der Waals surface area contributed by atoms with Gasteiger partial charge in [-0.3, -0.25) is 9.69 Å². The fraction of sp³-hybridized carbons (Fsp3) is 0.333. The van der Waals surface area contributed by atoms with Crippen LogP contribution in [0.1, 0.15) is 22.8 Å². The quantitative estimate of drug-likeness (QED) is 0.391. The number of aryl methyl sites for hydroxylation is 1. The topological polar surface area (TPSA) is 100 Å². The van der Waals surface area contributed by atoms with Crippen molar-refractivity contribution < 1.29 is 27.9 Å². The summed E-state index contributed by atoms with van der Waals surface area (Å²) in [4.78, 5) is 36.9. The molecule has 0 saturated carbocycles. The first-order valence-corrected chi connectivity index (χ1v) is 11.2. The van der Waals surface area contributed by atoms with E-state index in [0.29, 0.717) is 38.4 Å². The Morgan fingerprint density at radius 2 is 1.83 bits per heavy atom. The molecule has 0 radical (unpaired) electrons. The van der Waals surface area contributed by atoms with E-state index in [9.17, 15) is 23.5 Å². The van der Waals surface area contributed by atoms with Crippen LogP contribution in [-0.2, 0) is 11.4 Å². The van der Waals surface area contributed by atoms with E-state index in [1.807, 2.05) is 4.90 Å². The summed E-state index contributed by atoms with van der Waals surface area (Å²) in [6.45, 7) is 4.01. The summed E-state index contributed by atoms with van der Waals surface area (Å²) in [5.74, 6) is -3.50. The van der Waals surface area contributed by atoms with Crippen molar-refractivity contribution in [3.05, 3.63) is 69.3 Å². The van der Waals surface area contributed by atoms with Crippen LogP contribution in [0.3, 0.4) is 0 Å². The molecule has 190 valence electrons. The van der Waals surface area contributed by atoms with Crippen LogP contribution in [0.25, 0.3) is 11.0 Å². The third kappa shape index (κ3) is 4.89. The highest BCUT2D eigenvalue weighted by Gasteiger charge is 2.25. The molecule has 1 aromatic carbocycles. The average Bonchev–Trinajstić information content (AvgIpc) is 2.84. The summed E-state index contributed by atoms with van der Waals surface area (Å²) < 4.78 is 44.1. The van der Waals surface area contributed by atoms with Crippen LogP contribution in [0, 0.1) is 17.5 Å². The predicted molar refractivity (Wildman–Crippen MR) is 127 cm³/mol. The normalized spacial score (nSPS) is 14.9. The molecule has 1 aliphatic heterocycles. The van der Waals surface area contributed by atoms with E-state index < -0.39 is 34.4 Å². The van der Waals surface area contributed by atoms with Gasteiger partial charge in [-0.15, -0.1) is 0 Å². The number of hydrogen-bond donors (Lipinski definition) is 1. The molecular weight excluding hydrogens is 479 g/mol. The van der Waals surface area contributed by atoms with Gasteiger partial charge in [0.2, 0.25) is 5.43 Å². The Hall–Kier alpha value is -3.93. The number of nitrogens with zero attached hydrogens (tertiary/aromatic N) is 5. The van der Waals surface area contributed by atoms with Crippen molar-refractivity contribution in [3.63, 3.8) is 0 Å². The Bertz CT molecular complexity index is 1400. The van der Waals surface area contributed by atoms with Crippen LogP contribution < -0.4 is 10.3 Å². The van der Waals surface area contributed by atoms with Crippen molar-refractivity contribution in [1.82, 2.24) is 14.5 Å². The monoisotopic (exact) mass is 503 g/mol. The molecule has 0 unspecified atom stereocenters. The summed E-state index contributed by atoms with van der Waals surface area (Å²) in [6.07, 6.45) is 1.21. The second-order valence-corrected chi connectivity index (χ2v) is 8.24. The second kappa shape index (κ2) is 10.4. The number of benzene rings is 1. The SMILES string of the molecule is CCn1cc(C(=O)O)c(=O)c2cc(F)c(N3CCN(C/C(=N\OC)c4ccc(F)cc4F)CC3)nc21. The van der Waals surface area contributed by atoms with Crippen LogP contribution >= 0.6 is 0 Å². The molecule has 4 rings (SSSR count). The zero-order valence-electron chi connectivity index (χ0n) is 19.7. The molecule has 9 nitrogen and oxygen atoms in total. The first kappa shape index (κ1) is 25.2. The number of carboxylic acids is 1. The highest BCUT2D eigenvalue weighted by molar-refractivity contribution is 6.02. The lowest BCUT2D eigenvalue weighted by Gasteiger charge is -2.35. The number of pyridine rings is 2. The molecule has 1 fully saturated rings. The maximum Gasteiger partial charge on any atom is 0.341 e. The summed E-state index contributed by atoms with van der Waals surface area (Å²) in [7, 11) is 1.34. The molecule has 1 aliphatic rings. The molecule has 1 saturated heterocycles. The zero-order chi connectivity index (χ0) is 26.0. The minimum atomic E-state index is -1.39. The lowest BCUT2D eigenvalue weighted by molar-refractivity contribution is 0.0695. The first-order valence-electron chi connectivity index (χ1n) is 11.2. The van der Waals surface area contributed by atoms with E-state index >= 15 is 4.39 Å². The molecule has 0 atom stereocenters. The number of aromatic carboxylic acids is 1. The molecule has 0 amide bonds. The number of hydrogen-bond acceptors (Lipinski definition) is 7. The number of oxime groups is 1. The third-order valence-electron chi connectivity index (χ3n) is 6.04. The van der Waals surface area contributed by atoms with Crippen molar-refractivity contribution in [3.8, 4) is 0 Å². The minimum Gasteiger partial charge on any atom is -0.477 e. The largest absolute Gasteiger partial charge is 0.477 e. The molecule has 36 heavy (non-hydrogen) atoms. The Balaban J connectivity index is 1.55. The smallest absolute Gasteiger partial charge is 0.341 e. The molecule has 2 aromatic heterocycles. The van der Waals surface area contributed by atoms with E-state index in [-0.39, 0.29) is 29.0 Å². The lowest BCUT2D eigenvalue weighted by Crippen LogP contribution is -2.48. The van der Waals surface area contributed by atoms with Crippen LogP contribution in [-0.4, -0.2) is 71.1 Å². The Kier molecular flexibility index (Phi) is 7.25.